The molecule has 5 heteroatoms. The van der Waals surface area contributed by atoms with Gasteiger partial charge in [-0.05, 0) is 42.2 Å². The molecule has 1 N–H and O–H groups in total. The number of nitrogens with zero attached hydrogens (tertiary/aromatic N) is 2. The number of hydrogen-bond acceptors (Lipinski definition) is 3. The maximum atomic E-state index is 13.3. The summed E-state index contributed by atoms with van der Waals surface area (Å²) >= 11 is 0. The molecule has 0 radical (unpaired) electrons. The summed E-state index contributed by atoms with van der Waals surface area (Å²) in [6.07, 6.45) is 4.21. The van der Waals surface area contributed by atoms with E-state index in [-0.39, 0.29) is 17.7 Å². The lowest BCUT2D eigenvalue weighted by Gasteiger charge is -2.31. The fraction of sp³-hybridized carbons (Fsp3) is 0.481. The topological polar surface area (TPSA) is 52.7 Å². The number of amides is 2. The zero-order valence-electron chi connectivity index (χ0n) is 20.1. The first-order valence-electron chi connectivity index (χ1n) is 11.6. The molecule has 5 nitrogen and oxygen atoms in total. The molecule has 0 heterocycles. The van der Waals surface area contributed by atoms with Crippen molar-refractivity contribution in [2.45, 2.75) is 59.5 Å². The monoisotopic (exact) mass is 435 g/mol. The largest absolute Gasteiger partial charge is 0.377 e. The van der Waals surface area contributed by atoms with Gasteiger partial charge in [-0.2, -0.15) is 0 Å². The number of nitrogens with one attached hydrogen (secondary N) is 1. The lowest BCUT2D eigenvalue weighted by Crippen LogP contribution is -2.38. The fourth-order valence-electron chi connectivity index (χ4n) is 4.34. The quantitative estimate of drug-likeness (QED) is 0.629. The molecule has 0 atom stereocenters. The standard InChI is InChI=1S/C27H37N3O2/c1-27(2,3)26(32)30(18-20-11-7-6-8-12-20)19-22-17-23(15-16-24(22)29(4)5)28-25(31)21-13-9-10-14-21/h6-8,11-12,15-17,21H,9-10,13-14,18-19H2,1-5H3,(H,28,31). The van der Waals surface area contributed by atoms with Gasteiger partial charge < -0.3 is 15.1 Å². The Morgan fingerprint density at radius 2 is 1.62 bits per heavy atom. The summed E-state index contributed by atoms with van der Waals surface area (Å²) in [6, 6.07) is 16.1. The third-order valence-corrected chi connectivity index (χ3v) is 6.06. The summed E-state index contributed by atoms with van der Waals surface area (Å²) in [7, 11) is 4.01. The van der Waals surface area contributed by atoms with Crippen molar-refractivity contribution >= 4 is 23.2 Å². The predicted molar refractivity (Wildman–Crippen MR) is 132 cm³/mol. The van der Waals surface area contributed by atoms with E-state index in [1.807, 2.05) is 88.3 Å². The normalized spacial score (nSPS) is 14.3. The SMILES string of the molecule is CN(C)c1ccc(NC(=O)C2CCCC2)cc1CN(Cc1ccccc1)C(=O)C(C)(C)C. The van der Waals surface area contributed by atoms with E-state index >= 15 is 0 Å². The van der Waals surface area contributed by atoms with E-state index in [9.17, 15) is 9.59 Å². The second-order valence-electron chi connectivity index (χ2n) is 10.1. The number of hydrogen-bond donors (Lipinski definition) is 1. The number of anilines is 2. The smallest absolute Gasteiger partial charge is 0.228 e. The molecule has 0 saturated heterocycles. The Morgan fingerprint density at radius 3 is 2.22 bits per heavy atom. The van der Waals surface area contributed by atoms with E-state index in [4.69, 9.17) is 0 Å². The molecule has 2 amide bonds. The van der Waals surface area contributed by atoms with Crippen molar-refractivity contribution in [3.63, 3.8) is 0 Å². The van der Waals surface area contributed by atoms with Gasteiger partial charge in [0, 0.05) is 49.9 Å². The molecule has 0 spiro atoms. The van der Waals surface area contributed by atoms with Gasteiger partial charge in [0.1, 0.15) is 0 Å². The van der Waals surface area contributed by atoms with Gasteiger partial charge in [-0.25, -0.2) is 0 Å². The minimum Gasteiger partial charge on any atom is -0.377 e. The first-order valence-corrected chi connectivity index (χ1v) is 11.6. The van der Waals surface area contributed by atoms with Gasteiger partial charge in [0.25, 0.3) is 0 Å². The Morgan fingerprint density at radius 1 is 0.969 bits per heavy atom. The van der Waals surface area contributed by atoms with Gasteiger partial charge in [-0.3, -0.25) is 9.59 Å². The van der Waals surface area contributed by atoms with Crippen LogP contribution in [0.2, 0.25) is 0 Å². The van der Waals surface area contributed by atoms with Gasteiger partial charge in [0.15, 0.2) is 0 Å². The molecular weight excluding hydrogens is 398 g/mol. The first kappa shape index (κ1) is 23.8. The summed E-state index contributed by atoms with van der Waals surface area (Å²) in [5.74, 6) is 0.327. The van der Waals surface area contributed by atoms with Crippen molar-refractivity contribution in [3.8, 4) is 0 Å². The minimum absolute atomic E-state index is 0.103. The highest BCUT2D eigenvalue weighted by Gasteiger charge is 2.28. The highest BCUT2D eigenvalue weighted by molar-refractivity contribution is 5.93. The van der Waals surface area contributed by atoms with Crippen molar-refractivity contribution in [1.29, 1.82) is 0 Å². The minimum atomic E-state index is -0.485. The van der Waals surface area contributed by atoms with Gasteiger partial charge in [-0.1, -0.05) is 63.9 Å². The van der Waals surface area contributed by atoms with E-state index < -0.39 is 5.41 Å². The van der Waals surface area contributed by atoms with E-state index in [2.05, 4.69) is 10.2 Å². The summed E-state index contributed by atoms with van der Waals surface area (Å²) in [5.41, 5.74) is 3.48. The van der Waals surface area contributed by atoms with Crippen LogP contribution in [0.25, 0.3) is 0 Å². The molecular formula is C27H37N3O2. The van der Waals surface area contributed by atoms with Crippen molar-refractivity contribution in [3.05, 3.63) is 59.7 Å². The molecule has 3 rings (SSSR count). The molecule has 1 fully saturated rings. The van der Waals surface area contributed by atoms with Crippen LogP contribution in [-0.2, 0) is 22.7 Å². The van der Waals surface area contributed by atoms with E-state index in [0.29, 0.717) is 13.1 Å². The maximum absolute atomic E-state index is 13.3. The summed E-state index contributed by atoms with van der Waals surface area (Å²) in [4.78, 5) is 30.0. The zero-order valence-corrected chi connectivity index (χ0v) is 20.1. The van der Waals surface area contributed by atoms with Crippen LogP contribution in [0.4, 0.5) is 11.4 Å². The Balaban J connectivity index is 1.88. The number of rotatable bonds is 7. The molecule has 2 aromatic rings. The predicted octanol–water partition coefficient (Wildman–Crippen LogP) is 5.46. The van der Waals surface area contributed by atoms with Gasteiger partial charge in [0.2, 0.25) is 11.8 Å². The number of carbonyl (C=O) groups excluding carboxylic acids is 2. The lowest BCUT2D eigenvalue weighted by molar-refractivity contribution is -0.140. The van der Waals surface area contributed by atoms with Gasteiger partial charge in [0.05, 0.1) is 0 Å². The van der Waals surface area contributed by atoms with Gasteiger partial charge in [-0.15, -0.1) is 0 Å². The Bertz CT molecular complexity index is 926. The molecule has 1 aliphatic rings. The second-order valence-corrected chi connectivity index (χ2v) is 10.1. The van der Waals surface area contributed by atoms with Crippen LogP contribution in [0.15, 0.2) is 48.5 Å². The highest BCUT2D eigenvalue weighted by Crippen LogP contribution is 2.30. The Kier molecular flexibility index (Phi) is 7.60. The van der Waals surface area contributed by atoms with Crippen LogP contribution in [0, 0.1) is 11.3 Å². The van der Waals surface area contributed by atoms with Crippen LogP contribution in [0.1, 0.15) is 57.6 Å². The molecule has 1 saturated carbocycles. The summed E-state index contributed by atoms with van der Waals surface area (Å²) in [5, 5.41) is 3.11. The van der Waals surface area contributed by atoms with Crippen LogP contribution >= 0.6 is 0 Å². The third kappa shape index (κ3) is 6.12. The Labute approximate surface area is 192 Å². The molecule has 2 aromatic carbocycles. The molecule has 1 aliphatic carbocycles. The average Bonchev–Trinajstić information content (AvgIpc) is 3.28. The average molecular weight is 436 g/mol. The van der Waals surface area contributed by atoms with Crippen molar-refractivity contribution in [2.24, 2.45) is 11.3 Å². The molecule has 172 valence electrons. The Hall–Kier alpha value is -2.82. The molecule has 0 aliphatic heterocycles. The number of carbonyl (C=O) groups is 2. The summed E-state index contributed by atoms with van der Waals surface area (Å²) in [6.45, 7) is 6.89. The second kappa shape index (κ2) is 10.2. The van der Waals surface area contributed by atoms with Crippen LogP contribution in [0.5, 0.6) is 0 Å². The van der Waals surface area contributed by atoms with Crippen molar-refractivity contribution < 1.29 is 9.59 Å². The molecule has 0 bridgehead atoms. The molecule has 32 heavy (non-hydrogen) atoms. The highest BCUT2D eigenvalue weighted by atomic mass is 16.2. The van der Waals surface area contributed by atoms with Crippen molar-refractivity contribution in [1.82, 2.24) is 4.90 Å². The van der Waals surface area contributed by atoms with E-state index in [1.165, 1.54) is 0 Å². The summed E-state index contributed by atoms with van der Waals surface area (Å²) < 4.78 is 0. The van der Waals surface area contributed by atoms with Gasteiger partial charge >= 0.3 is 0 Å². The first-order chi connectivity index (χ1) is 15.1. The fourth-order valence-corrected chi connectivity index (χ4v) is 4.34. The molecule has 0 aromatic heterocycles. The van der Waals surface area contributed by atoms with Crippen LogP contribution in [-0.4, -0.2) is 30.8 Å². The van der Waals surface area contributed by atoms with Crippen LogP contribution in [0.3, 0.4) is 0 Å². The van der Waals surface area contributed by atoms with Crippen LogP contribution < -0.4 is 10.2 Å². The number of benzene rings is 2. The molecule has 0 unspecified atom stereocenters. The van der Waals surface area contributed by atoms with E-state index in [0.717, 1.165) is 48.2 Å². The zero-order chi connectivity index (χ0) is 23.3. The third-order valence-electron chi connectivity index (χ3n) is 6.06. The maximum Gasteiger partial charge on any atom is 0.228 e. The lowest BCUT2D eigenvalue weighted by atomic mass is 9.94. The van der Waals surface area contributed by atoms with E-state index in [1.54, 1.807) is 0 Å². The van der Waals surface area contributed by atoms with Crippen molar-refractivity contribution in [2.75, 3.05) is 24.3 Å².